The lowest BCUT2D eigenvalue weighted by Crippen LogP contribution is -2.38. The highest BCUT2D eigenvalue weighted by molar-refractivity contribution is 5.48. The Balaban J connectivity index is 2.05. The van der Waals surface area contributed by atoms with Crippen LogP contribution in [0.25, 0.3) is 0 Å². The summed E-state index contributed by atoms with van der Waals surface area (Å²) in [6, 6.07) is 8.15. The van der Waals surface area contributed by atoms with Crippen molar-refractivity contribution in [1.29, 1.82) is 0 Å². The van der Waals surface area contributed by atoms with Crippen molar-refractivity contribution in [3.63, 3.8) is 0 Å². The Kier molecular flexibility index (Phi) is 5.30. The fourth-order valence-electron chi connectivity index (χ4n) is 3.28. The Morgan fingerprint density at radius 1 is 1.10 bits per heavy atom. The summed E-state index contributed by atoms with van der Waals surface area (Å²) < 4.78 is 5.20. The number of rotatable bonds is 5. The van der Waals surface area contributed by atoms with Crippen molar-refractivity contribution in [3.8, 4) is 5.75 Å². The number of aliphatic hydroxyl groups excluding tert-OH is 1. The Morgan fingerprint density at radius 3 is 2.20 bits per heavy atom. The zero-order chi connectivity index (χ0) is 14.4. The topological polar surface area (TPSA) is 32.7 Å². The minimum atomic E-state index is 0.0746. The Hall–Kier alpha value is -1.22. The van der Waals surface area contributed by atoms with Crippen molar-refractivity contribution < 1.29 is 9.84 Å². The van der Waals surface area contributed by atoms with Crippen LogP contribution in [0.1, 0.15) is 38.5 Å². The number of hydrogen-bond donors (Lipinski definition) is 1. The Morgan fingerprint density at radius 2 is 1.70 bits per heavy atom. The van der Waals surface area contributed by atoms with Gasteiger partial charge in [-0.25, -0.2) is 0 Å². The van der Waals surface area contributed by atoms with Gasteiger partial charge >= 0.3 is 0 Å². The molecule has 0 unspecified atom stereocenters. The van der Waals surface area contributed by atoms with Gasteiger partial charge in [-0.2, -0.15) is 0 Å². The zero-order valence-corrected chi connectivity index (χ0v) is 12.8. The van der Waals surface area contributed by atoms with Crippen LogP contribution in [0.2, 0.25) is 0 Å². The van der Waals surface area contributed by atoms with E-state index in [-0.39, 0.29) is 5.41 Å². The van der Waals surface area contributed by atoms with E-state index in [1.165, 1.54) is 31.4 Å². The van der Waals surface area contributed by atoms with Crippen molar-refractivity contribution in [2.24, 2.45) is 5.41 Å². The van der Waals surface area contributed by atoms with Crippen LogP contribution < -0.4 is 9.64 Å². The van der Waals surface area contributed by atoms with Gasteiger partial charge in [-0.3, -0.25) is 0 Å². The predicted octanol–water partition coefficient (Wildman–Crippen LogP) is 3.46. The van der Waals surface area contributed by atoms with Gasteiger partial charge in [0.15, 0.2) is 0 Å². The molecule has 1 aliphatic carbocycles. The quantitative estimate of drug-likeness (QED) is 0.837. The van der Waals surface area contributed by atoms with Gasteiger partial charge in [-0.15, -0.1) is 0 Å². The molecule has 1 aromatic rings. The van der Waals surface area contributed by atoms with E-state index in [9.17, 15) is 5.11 Å². The van der Waals surface area contributed by atoms with Crippen LogP contribution in [-0.4, -0.2) is 32.4 Å². The monoisotopic (exact) mass is 277 g/mol. The van der Waals surface area contributed by atoms with Gasteiger partial charge in [0.1, 0.15) is 5.75 Å². The molecule has 1 aliphatic rings. The number of ether oxygens (including phenoxy) is 1. The minimum absolute atomic E-state index is 0.0746. The molecule has 0 atom stereocenters. The second kappa shape index (κ2) is 6.98. The van der Waals surface area contributed by atoms with Crippen molar-refractivity contribution in [2.75, 3.05) is 32.2 Å². The van der Waals surface area contributed by atoms with Crippen LogP contribution in [-0.2, 0) is 0 Å². The summed E-state index contributed by atoms with van der Waals surface area (Å²) >= 11 is 0. The molecule has 0 radical (unpaired) electrons. The summed E-state index contributed by atoms with van der Waals surface area (Å²) in [5.41, 5.74) is 1.26. The van der Waals surface area contributed by atoms with Gasteiger partial charge < -0.3 is 14.7 Å². The van der Waals surface area contributed by atoms with Crippen LogP contribution in [0.4, 0.5) is 5.69 Å². The van der Waals surface area contributed by atoms with Gasteiger partial charge in [0.05, 0.1) is 13.7 Å². The molecule has 0 saturated heterocycles. The molecule has 20 heavy (non-hydrogen) atoms. The summed E-state index contributed by atoms with van der Waals surface area (Å²) in [5.74, 6) is 0.883. The third-order valence-corrected chi connectivity index (χ3v) is 4.59. The molecule has 0 amide bonds. The average molecular weight is 277 g/mol. The zero-order valence-electron chi connectivity index (χ0n) is 12.8. The molecule has 0 bridgehead atoms. The van der Waals surface area contributed by atoms with Crippen LogP contribution in [0, 0.1) is 5.41 Å². The maximum Gasteiger partial charge on any atom is 0.119 e. The van der Waals surface area contributed by atoms with Crippen LogP contribution in [0.5, 0.6) is 5.75 Å². The highest BCUT2D eigenvalue weighted by atomic mass is 16.5. The number of nitrogens with zero attached hydrogens (tertiary/aromatic N) is 1. The molecular weight excluding hydrogens is 250 g/mol. The molecule has 0 spiro atoms. The normalized spacial score (nSPS) is 18.4. The van der Waals surface area contributed by atoms with E-state index >= 15 is 0 Å². The molecule has 0 aliphatic heterocycles. The molecule has 1 N–H and O–H groups in total. The third-order valence-electron chi connectivity index (χ3n) is 4.59. The smallest absolute Gasteiger partial charge is 0.119 e. The van der Waals surface area contributed by atoms with Crippen molar-refractivity contribution in [3.05, 3.63) is 24.3 Å². The fraction of sp³-hybridized carbons (Fsp3) is 0.647. The van der Waals surface area contributed by atoms with E-state index in [0.29, 0.717) is 6.61 Å². The predicted molar refractivity (Wildman–Crippen MR) is 83.5 cm³/mol. The van der Waals surface area contributed by atoms with Crippen LogP contribution in [0.3, 0.4) is 0 Å². The molecule has 3 heteroatoms. The van der Waals surface area contributed by atoms with Crippen molar-refractivity contribution in [2.45, 2.75) is 38.5 Å². The second-order valence-corrected chi connectivity index (χ2v) is 6.13. The summed E-state index contributed by atoms with van der Waals surface area (Å²) in [4.78, 5) is 2.26. The standard InChI is InChI=1S/C17H27NO2/c1-18(15-7-9-16(20-2)10-8-15)13-17(14-19)11-5-3-4-6-12-17/h7-10,19H,3-6,11-14H2,1-2H3. The molecular formula is C17H27NO2. The number of aliphatic hydroxyl groups is 1. The summed E-state index contributed by atoms with van der Waals surface area (Å²) in [6.45, 7) is 1.23. The van der Waals surface area contributed by atoms with Gasteiger partial charge in [0.2, 0.25) is 0 Å². The Bertz CT molecular complexity index is 394. The first-order valence-corrected chi connectivity index (χ1v) is 7.65. The van der Waals surface area contributed by atoms with Crippen molar-refractivity contribution in [1.82, 2.24) is 0 Å². The second-order valence-electron chi connectivity index (χ2n) is 6.13. The van der Waals surface area contributed by atoms with Crippen LogP contribution in [0.15, 0.2) is 24.3 Å². The highest BCUT2D eigenvalue weighted by Gasteiger charge is 2.31. The molecule has 0 heterocycles. The lowest BCUT2D eigenvalue weighted by atomic mass is 9.80. The van der Waals surface area contributed by atoms with Crippen LogP contribution >= 0.6 is 0 Å². The number of anilines is 1. The lowest BCUT2D eigenvalue weighted by Gasteiger charge is -2.36. The van der Waals surface area contributed by atoms with E-state index in [1.54, 1.807) is 7.11 Å². The fourth-order valence-corrected chi connectivity index (χ4v) is 3.28. The first-order valence-electron chi connectivity index (χ1n) is 7.65. The number of benzene rings is 1. The molecule has 3 nitrogen and oxygen atoms in total. The van der Waals surface area contributed by atoms with E-state index in [0.717, 1.165) is 25.1 Å². The van der Waals surface area contributed by atoms with E-state index in [1.807, 2.05) is 12.1 Å². The van der Waals surface area contributed by atoms with E-state index < -0.39 is 0 Å². The molecule has 112 valence electrons. The average Bonchev–Trinajstić information content (AvgIpc) is 2.73. The Labute approximate surface area is 122 Å². The molecule has 1 fully saturated rings. The maximum atomic E-state index is 9.90. The molecule has 2 rings (SSSR count). The minimum Gasteiger partial charge on any atom is -0.497 e. The largest absolute Gasteiger partial charge is 0.497 e. The molecule has 1 aromatic carbocycles. The first-order chi connectivity index (χ1) is 9.69. The third kappa shape index (κ3) is 3.66. The number of hydrogen-bond acceptors (Lipinski definition) is 3. The van der Waals surface area contributed by atoms with Gasteiger partial charge in [-0.05, 0) is 37.1 Å². The van der Waals surface area contributed by atoms with E-state index in [2.05, 4.69) is 24.1 Å². The summed E-state index contributed by atoms with van der Waals surface area (Å²) in [6.07, 6.45) is 7.41. The first kappa shape index (κ1) is 15.2. The van der Waals surface area contributed by atoms with Gasteiger partial charge in [-0.1, -0.05) is 25.7 Å². The summed E-state index contributed by atoms with van der Waals surface area (Å²) in [5, 5.41) is 9.90. The van der Waals surface area contributed by atoms with E-state index in [4.69, 9.17) is 4.74 Å². The lowest BCUT2D eigenvalue weighted by molar-refractivity contribution is 0.113. The van der Waals surface area contributed by atoms with Gasteiger partial charge in [0, 0.05) is 24.7 Å². The van der Waals surface area contributed by atoms with Gasteiger partial charge in [0.25, 0.3) is 0 Å². The number of methoxy groups -OCH3 is 1. The van der Waals surface area contributed by atoms with Crippen molar-refractivity contribution >= 4 is 5.69 Å². The SMILES string of the molecule is COc1ccc(N(C)CC2(CO)CCCCCC2)cc1. The molecule has 0 aromatic heterocycles. The molecule has 1 saturated carbocycles. The highest BCUT2D eigenvalue weighted by Crippen LogP contribution is 2.36. The summed E-state index contributed by atoms with van der Waals surface area (Å²) in [7, 11) is 3.80. The maximum absolute atomic E-state index is 9.90.